The minimum atomic E-state index is -0.413. The summed E-state index contributed by atoms with van der Waals surface area (Å²) in [7, 11) is 0. The van der Waals surface area contributed by atoms with Crippen LogP contribution in [0, 0.1) is 10.1 Å². The van der Waals surface area contributed by atoms with Crippen LogP contribution in [-0.2, 0) is 0 Å². The van der Waals surface area contributed by atoms with Crippen molar-refractivity contribution in [2.24, 2.45) is 0 Å². The summed E-state index contributed by atoms with van der Waals surface area (Å²) in [5.41, 5.74) is 13.2. The summed E-state index contributed by atoms with van der Waals surface area (Å²) in [6.07, 6.45) is 0. The Kier molecular flexibility index (Phi) is 2.49. The number of nitrogens with two attached hydrogens (primary N) is 2. The highest BCUT2D eigenvalue weighted by Gasteiger charge is 2.11. The summed E-state index contributed by atoms with van der Waals surface area (Å²) >= 11 is 1.10. The second-order valence-electron chi connectivity index (χ2n) is 3.28. The molecule has 1 heterocycles. The summed E-state index contributed by atoms with van der Waals surface area (Å²) in [4.78, 5) is 10.9. The third-order valence-corrected chi connectivity index (χ3v) is 3.12. The molecule has 16 heavy (non-hydrogen) atoms. The number of hydrogen-bond donors (Lipinski definition) is 2. The topological polar surface area (TPSA) is 95.2 Å². The van der Waals surface area contributed by atoms with Gasteiger partial charge in [0.05, 0.1) is 4.92 Å². The second kappa shape index (κ2) is 3.82. The van der Waals surface area contributed by atoms with Gasteiger partial charge < -0.3 is 11.5 Å². The van der Waals surface area contributed by atoms with Crippen LogP contribution >= 0.6 is 11.3 Å². The van der Waals surface area contributed by atoms with E-state index < -0.39 is 4.92 Å². The minimum absolute atomic E-state index is 0.107. The van der Waals surface area contributed by atoms with Crippen LogP contribution in [0.5, 0.6) is 0 Å². The summed E-state index contributed by atoms with van der Waals surface area (Å²) in [6.45, 7) is 0. The number of rotatable bonds is 2. The van der Waals surface area contributed by atoms with Crippen molar-refractivity contribution in [3.8, 4) is 10.4 Å². The van der Waals surface area contributed by atoms with E-state index in [2.05, 4.69) is 0 Å². The Morgan fingerprint density at radius 2 is 1.75 bits per heavy atom. The highest BCUT2D eigenvalue weighted by atomic mass is 32.1. The van der Waals surface area contributed by atoms with E-state index in [1.54, 1.807) is 24.3 Å². The van der Waals surface area contributed by atoms with Gasteiger partial charge in [0.25, 0.3) is 0 Å². The third kappa shape index (κ3) is 1.96. The average Bonchev–Trinajstić information content (AvgIpc) is 2.64. The normalized spacial score (nSPS) is 10.2. The fraction of sp³-hybridized carbons (Fsp3) is 0. The van der Waals surface area contributed by atoms with Crippen molar-refractivity contribution in [1.29, 1.82) is 0 Å². The Morgan fingerprint density at radius 3 is 2.25 bits per heavy atom. The predicted molar refractivity (Wildman–Crippen MR) is 65.2 cm³/mol. The smallest absolute Gasteiger partial charge is 0.324 e. The van der Waals surface area contributed by atoms with Crippen molar-refractivity contribution < 1.29 is 4.92 Å². The maximum atomic E-state index is 10.5. The zero-order valence-corrected chi connectivity index (χ0v) is 9.03. The summed E-state index contributed by atoms with van der Waals surface area (Å²) in [5, 5.41) is 10.7. The van der Waals surface area contributed by atoms with Crippen molar-refractivity contribution in [1.82, 2.24) is 0 Å². The minimum Gasteiger partial charge on any atom is -0.399 e. The van der Waals surface area contributed by atoms with Gasteiger partial charge in [0.1, 0.15) is 0 Å². The van der Waals surface area contributed by atoms with E-state index in [9.17, 15) is 10.1 Å². The van der Waals surface area contributed by atoms with Crippen molar-refractivity contribution >= 4 is 27.7 Å². The van der Waals surface area contributed by atoms with E-state index in [0.29, 0.717) is 11.4 Å². The Balaban J connectivity index is 2.46. The number of nitrogen functional groups attached to an aromatic ring is 2. The SMILES string of the molecule is Nc1cc(N)cc(-c2ccc([N+](=O)[O-])s2)c1. The molecule has 0 aliphatic carbocycles. The molecule has 5 nitrogen and oxygen atoms in total. The van der Waals surface area contributed by atoms with Gasteiger partial charge in [-0.2, -0.15) is 0 Å². The first-order chi connectivity index (χ1) is 7.56. The fourth-order valence-corrected chi connectivity index (χ4v) is 2.21. The largest absolute Gasteiger partial charge is 0.399 e. The lowest BCUT2D eigenvalue weighted by atomic mass is 10.1. The van der Waals surface area contributed by atoms with E-state index >= 15 is 0 Å². The molecule has 0 spiro atoms. The van der Waals surface area contributed by atoms with Gasteiger partial charge in [-0.3, -0.25) is 10.1 Å². The number of thiophene rings is 1. The molecule has 1 aromatic heterocycles. The first-order valence-electron chi connectivity index (χ1n) is 4.47. The van der Waals surface area contributed by atoms with E-state index in [1.807, 2.05) is 0 Å². The van der Waals surface area contributed by atoms with Crippen molar-refractivity contribution in [2.45, 2.75) is 0 Å². The molecular weight excluding hydrogens is 226 g/mol. The van der Waals surface area contributed by atoms with Crippen LogP contribution in [0.25, 0.3) is 10.4 Å². The van der Waals surface area contributed by atoms with Crippen LogP contribution < -0.4 is 11.5 Å². The van der Waals surface area contributed by atoms with Gasteiger partial charge in [-0.15, -0.1) is 0 Å². The van der Waals surface area contributed by atoms with Crippen LogP contribution in [-0.4, -0.2) is 4.92 Å². The molecule has 0 saturated heterocycles. The molecule has 0 bridgehead atoms. The average molecular weight is 235 g/mol. The van der Waals surface area contributed by atoms with Crippen molar-refractivity contribution in [3.05, 3.63) is 40.4 Å². The molecule has 4 N–H and O–H groups in total. The van der Waals surface area contributed by atoms with Crippen LogP contribution in [0.15, 0.2) is 30.3 Å². The molecule has 0 fully saturated rings. The summed E-state index contributed by atoms with van der Waals surface area (Å²) < 4.78 is 0. The lowest BCUT2D eigenvalue weighted by Gasteiger charge is -2.01. The quantitative estimate of drug-likeness (QED) is 0.475. The van der Waals surface area contributed by atoms with Gasteiger partial charge >= 0.3 is 5.00 Å². The number of anilines is 2. The molecule has 1 aromatic carbocycles. The Bertz CT molecular complexity index is 530. The highest BCUT2D eigenvalue weighted by Crippen LogP contribution is 2.34. The zero-order valence-electron chi connectivity index (χ0n) is 8.21. The molecule has 2 rings (SSSR count). The summed E-state index contributed by atoms with van der Waals surface area (Å²) in [6, 6.07) is 8.29. The molecule has 0 saturated carbocycles. The number of benzene rings is 1. The number of nitro groups is 1. The fourth-order valence-electron chi connectivity index (χ4n) is 1.40. The monoisotopic (exact) mass is 235 g/mol. The lowest BCUT2D eigenvalue weighted by Crippen LogP contribution is -1.90. The van der Waals surface area contributed by atoms with Crippen LogP contribution in [0.2, 0.25) is 0 Å². The van der Waals surface area contributed by atoms with Crippen LogP contribution in [0.4, 0.5) is 16.4 Å². The lowest BCUT2D eigenvalue weighted by molar-refractivity contribution is -0.380. The molecule has 0 atom stereocenters. The van der Waals surface area contributed by atoms with E-state index in [4.69, 9.17) is 11.5 Å². The molecule has 0 aliphatic rings. The molecular formula is C10H9N3O2S. The second-order valence-corrected chi connectivity index (χ2v) is 4.35. The Morgan fingerprint density at radius 1 is 1.12 bits per heavy atom. The first-order valence-corrected chi connectivity index (χ1v) is 5.28. The maximum Gasteiger partial charge on any atom is 0.324 e. The molecule has 82 valence electrons. The van der Waals surface area contributed by atoms with Gasteiger partial charge in [0, 0.05) is 22.3 Å². The number of nitrogens with zero attached hydrogens (tertiary/aromatic N) is 1. The standard InChI is InChI=1S/C10H9N3O2S/c11-7-3-6(4-8(12)5-7)9-1-2-10(16-9)13(14)15/h1-5H,11-12H2. The molecule has 0 unspecified atom stereocenters. The Hall–Kier alpha value is -2.08. The third-order valence-electron chi connectivity index (χ3n) is 2.03. The van der Waals surface area contributed by atoms with Crippen LogP contribution in [0.3, 0.4) is 0 Å². The van der Waals surface area contributed by atoms with Crippen molar-refractivity contribution in [3.63, 3.8) is 0 Å². The van der Waals surface area contributed by atoms with Gasteiger partial charge in [-0.1, -0.05) is 11.3 Å². The van der Waals surface area contributed by atoms with Gasteiger partial charge in [-0.05, 0) is 29.8 Å². The van der Waals surface area contributed by atoms with E-state index in [0.717, 1.165) is 21.8 Å². The maximum absolute atomic E-state index is 10.5. The first kappa shape index (κ1) is 10.4. The Labute approximate surface area is 95.5 Å². The van der Waals surface area contributed by atoms with Gasteiger partial charge in [0.15, 0.2) is 0 Å². The predicted octanol–water partition coefficient (Wildman–Crippen LogP) is 2.49. The van der Waals surface area contributed by atoms with Gasteiger partial charge in [0.2, 0.25) is 0 Å². The van der Waals surface area contributed by atoms with E-state index in [1.165, 1.54) is 6.07 Å². The molecule has 2 aromatic rings. The van der Waals surface area contributed by atoms with E-state index in [-0.39, 0.29) is 5.00 Å². The zero-order chi connectivity index (χ0) is 11.7. The van der Waals surface area contributed by atoms with Crippen molar-refractivity contribution in [2.75, 3.05) is 11.5 Å². The molecule has 0 amide bonds. The molecule has 0 aliphatic heterocycles. The number of hydrogen-bond acceptors (Lipinski definition) is 5. The highest BCUT2D eigenvalue weighted by molar-refractivity contribution is 7.18. The molecule has 6 heteroatoms. The molecule has 0 radical (unpaired) electrons. The van der Waals surface area contributed by atoms with Gasteiger partial charge in [-0.25, -0.2) is 0 Å². The summed E-state index contributed by atoms with van der Waals surface area (Å²) in [5.74, 6) is 0. The van der Waals surface area contributed by atoms with Crippen LogP contribution in [0.1, 0.15) is 0 Å².